The summed E-state index contributed by atoms with van der Waals surface area (Å²) in [7, 11) is 0. The van der Waals surface area contributed by atoms with Crippen LogP contribution in [0.4, 0.5) is 5.82 Å². The minimum atomic E-state index is 0.759. The van der Waals surface area contributed by atoms with Crippen molar-refractivity contribution in [3.05, 3.63) is 47.4 Å². The van der Waals surface area contributed by atoms with Gasteiger partial charge in [0, 0.05) is 22.2 Å². The van der Waals surface area contributed by atoms with Crippen molar-refractivity contribution in [2.24, 2.45) is 0 Å². The first-order valence-corrected chi connectivity index (χ1v) is 7.57. The molecule has 5 heteroatoms. The third-order valence-electron chi connectivity index (χ3n) is 2.44. The molecule has 0 atom stereocenters. The molecule has 0 aliphatic heterocycles. The van der Waals surface area contributed by atoms with Gasteiger partial charge in [-0.15, -0.1) is 11.8 Å². The molecule has 2 rings (SSSR count). The van der Waals surface area contributed by atoms with Crippen LogP contribution in [-0.4, -0.2) is 16.5 Å². The molecule has 0 fully saturated rings. The van der Waals surface area contributed by atoms with Gasteiger partial charge in [-0.05, 0) is 24.6 Å². The number of nitrogens with one attached hydrogen (secondary N) is 1. The Morgan fingerprint density at radius 1 is 1.26 bits per heavy atom. The third kappa shape index (κ3) is 4.73. The van der Waals surface area contributed by atoms with E-state index < -0.39 is 0 Å². The van der Waals surface area contributed by atoms with Crippen LogP contribution in [0.2, 0.25) is 5.02 Å². The normalized spacial score (nSPS) is 10.4. The van der Waals surface area contributed by atoms with Crippen LogP contribution in [0.5, 0.6) is 0 Å². The lowest BCUT2D eigenvalue weighted by molar-refractivity contribution is 0.960. The van der Waals surface area contributed by atoms with Crippen LogP contribution >= 0.6 is 23.4 Å². The number of rotatable bonds is 6. The van der Waals surface area contributed by atoms with Gasteiger partial charge in [-0.1, -0.05) is 24.6 Å². The maximum atomic E-state index is 5.95. The van der Waals surface area contributed by atoms with Gasteiger partial charge < -0.3 is 5.32 Å². The van der Waals surface area contributed by atoms with E-state index in [2.05, 4.69) is 22.2 Å². The SMILES string of the molecule is CCCNc1cnc(CSc2cccc(Cl)c2)cn1. The fourth-order valence-corrected chi connectivity index (χ4v) is 2.59. The Morgan fingerprint density at radius 3 is 2.84 bits per heavy atom. The average Bonchev–Trinajstić information content (AvgIpc) is 2.44. The Kier molecular flexibility index (Phi) is 5.48. The van der Waals surface area contributed by atoms with E-state index in [1.807, 2.05) is 30.5 Å². The summed E-state index contributed by atoms with van der Waals surface area (Å²) in [4.78, 5) is 9.86. The Hall–Kier alpha value is -1.26. The number of thioether (sulfide) groups is 1. The Labute approximate surface area is 122 Å². The van der Waals surface area contributed by atoms with E-state index in [0.717, 1.165) is 40.1 Å². The van der Waals surface area contributed by atoms with Gasteiger partial charge >= 0.3 is 0 Å². The summed E-state index contributed by atoms with van der Waals surface area (Å²) in [6.07, 6.45) is 4.67. The predicted octanol–water partition coefficient (Wildman–Crippen LogP) is 4.24. The van der Waals surface area contributed by atoms with Crippen molar-refractivity contribution in [2.45, 2.75) is 24.0 Å². The lowest BCUT2D eigenvalue weighted by atomic mass is 10.4. The van der Waals surface area contributed by atoms with Crippen molar-refractivity contribution < 1.29 is 0 Å². The summed E-state index contributed by atoms with van der Waals surface area (Å²) in [5, 5.41) is 3.96. The number of hydrogen-bond donors (Lipinski definition) is 1. The van der Waals surface area contributed by atoms with E-state index >= 15 is 0 Å². The van der Waals surface area contributed by atoms with E-state index in [1.165, 1.54) is 0 Å². The molecular formula is C14H16ClN3S. The minimum absolute atomic E-state index is 0.759. The lowest BCUT2D eigenvalue weighted by Crippen LogP contribution is -2.02. The van der Waals surface area contributed by atoms with Crippen LogP contribution in [0.15, 0.2) is 41.6 Å². The second-order valence-corrected chi connectivity index (χ2v) is 5.55. The molecule has 0 saturated heterocycles. The summed E-state index contributed by atoms with van der Waals surface area (Å²) in [5.74, 6) is 1.62. The molecule has 1 N–H and O–H groups in total. The van der Waals surface area contributed by atoms with Crippen molar-refractivity contribution in [1.29, 1.82) is 0 Å². The molecular weight excluding hydrogens is 278 g/mol. The van der Waals surface area contributed by atoms with Crippen LogP contribution in [-0.2, 0) is 5.75 Å². The summed E-state index contributed by atoms with van der Waals surface area (Å²) >= 11 is 7.65. The highest BCUT2D eigenvalue weighted by molar-refractivity contribution is 7.98. The maximum absolute atomic E-state index is 5.95. The molecule has 100 valence electrons. The van der Waals surface area contributed by atoms with Gasteiger partial charge in [0.25, 0.3) is 0 Å². The van der Waals surface area contributed by atoms with Gasteiger partial charge in [0.1, 0.15) is 5.82 Å². The molecule has 0 saturated carbocycles. The first-order valence-electron chi connectivity index (χ1n) is 6.21. The molecule has 0 bridgehead atoms. The van der Waals surface area contributed by atoms with Gasteiger partial charge in [0.15, 0.2) is 0 Å². The number of halogens is 1. The van der Waals surface area contributed by atoms with Crippen molar-refractivity contribution in [2.75, 3.05) is 11.9 Å². The minimum Gasteiger partial charge on any atom is -0.369 e. The smallest absolute Gasteiger partial charge is 0.144 e. The van der Waals surface area contributed by atoms with Crippen molar-refractivity contribution in [3.63, 3.8) is 0 Å². The zero-order valence-electron chi connectivity index (χ0n) is 10.8. The topological polar surface area (TPSA) is 37.8 Å². The summed E-state index contributed by atoms with van der Waals surface area (Å²) in [6, 6.07) is 7.83. The van der Waals surface area contributed by atoms with Gasteiger partial charge in [-0.2, -0.15) is 0 Å². The molecule has 0 amide bonds. The maximum Gasteiger partial charge on any atom is 0.144 e. The quantitative estimate of drug-likeness (QED) is 0.808. The van der Waals surface area contributed by atoms with E-state index in [-0.39, 0.29) is 0 Å². The van der Waals surface area contributed by atoms with Crippen LogP contribution in [0.3, 0.4) is 0 Å². The van der Waals surface area contributed by atoms with E-state index in [9.17, 15) is 0 Å². The number of anilines is 1. The molecule has 0 unspecified atom stereocenters. The molecule has 1 aromatic carbocycles. The molecule has 3 nitrogen and oxygen atoms in total. The number of nitrogens with zero attached hydrogens (tertiary/aromatic N) is 2. The highest BCUT2D eigenvalue weighted by atomic mass is 35.5. The summed E-state index contributed by atoms with van der Waals surface area (Å²) in [6.45, 7) is 3.04. The largest absolute Gasteiger partial charge is 0.369 e. The molecule has 0 radical (unpaired) electrons. The van der Waals surface area contributed by atoms with E-state index in [4.69, 9.17) is 11.6 Å². The first-order chi connectivity index (χ1) is 9.28. The fourth-order valence-electron chi connectivity index (χ4n) is 1.49. The zero-order valence-corrected chi connectivity index (χ0v) is 12.3. The number of hydrogen-bond acceptors (Lipinski definition) is 4. The standard InChI is InChI=1S/C14H16ClN3S/c1-2-6-16-14-9-17-12(8-18-14)10-19-13-5-3-4-11(15)7-13/h3-5,7-9H,2,6,10H2,1H3,(H,16,18). The number of benzene rings is 1. The molecule has 0 aliphatic rings. The second kappa shape index (κ2) is 7.36. The highest BCUT2D eigenvalue weighted by Crippen LogP contribution is 2.24. The van der Waals surface area contributed by atoms with Crippen molar-refractivity contribution in [3.8, 4) is 0 Å². The van der Waals surface area contributed by atoms with Gasteiger partial charge in [0.05, 0.1) is 18.1 Å². The Morgan fingerprint density at radius 2 is 2.16 bits per heavy atom. The Bertz CT molecular complexity index is 516. The van der Waals surface area contributed by atoms with Crippen LogP contribution in [0.25, 0.3) is 0 Å². The molecule has 19 heavy (non-hydrogen) atoms. The lowest BCUT2D eigenvalue weighted by Gasteiger charge is -2.05. The summed E-state index contributed by atoms with van der Waals surface area (Å²) < 4.78 is 0. The first kappa shape index (κ1) is 14.2. The highest BCUT2D eigenvalue weighted by Gasteiger charge is 2.00. The zero-order chi connectivity index (χ0) is 13.5. The number of aromatic nitrogens is 2. The third-order valence-corrected chi connectivity index (χ3v) is 3.71. The van der Waals surface area contributed by atoms with Gasteiger partial charge in [-0.25, -0.2) is 4.98 Å². The van der Waals surface area contributed by atoms with Crippen LogP contribution in [0, 0.1) is 0 Å². The molecule has 1 aromatic heterocycles. The molecule has 0 spiro atoms. The van der Waals surface area contributed by atoms with Crippen LogP contribution < -0.4 is 5.32 Å². The van der Waals surface area contributed by atoms with Crippen molar-refractivity contribution in [1.82, 2.24) is 9.97 Å². The average molecular weight is 294 g/mol. The molecule has 0 aliphatic carbocycles. The molecule has 1 heterocycles. The Balaban J connectivity index is 1.89. The van der Waals surface area contributed by atoms with E-state index in [0.29, 0.717) is 0 Å². The van der Waals surface area contributed by atoms with E-state index in [1.54, 1.807) is 18.0 Å². The fraction of sp³-hybridized carbons (Fsp3) is 0.286. The van der Waals surface area contributed by atoms with Crippen molar-refractivity contribution >= 4 is 29.2 Å². The summed E-state index contributed by atoms with van der Waals surface area (Å²) in [5.41, 5.74) is 0.965. The van der Waals surface area contributed by atoms with Gasteiger partial charge in [0.2, 0.25) is 0 Å². The second-order valence-electron chi connectivity index (χ2n) is 4.07. The van der Waals surface area contributed by atoms with Crippen LogP contribution in [0.1, 0.15) is 19.0 Å². The van der Waals surface area contributed by atoms with Gasteiger partial charge in [-0.3, -0.25) is 4.98 Å². The predicted molar refractivity (Wildman–Crippen MR) is 81.8 cm³/mol. The monoisotopic (exact) mass is 293 g/mol. The molecule has 2 aromatic rings.